The lowest BCUT2D eigenvalue weighted by Crippen LogP contribution is -2.20. The lowest BCUT2D eigenvalue weighted by atomic mass is 10.4. The van der Waals surface area contributed by atoms with E-state index in [1.165, 1.54) is 12.8 Å². The van der Waals surface area contributed by atoms with Crippen LogP contribution >= 0.6 is 0 Å². The molecule has 0 aromatic carbocycles. The van der Waals surface area contributed by atoms with Gasteiger partial charge in [-0.2, -0.15) is 0 Å². The zero-order valence-corrected chi connectivity index (χ0v) is 10.4. The zero-order valence-electron chi connectivity index (χ0n) is 10.4. The lowest BCUT2D eigenvalue weighted by molar-refractivity contribution is 0.128. The van der Waals surface area contributed by atoms with Crippen LogP contribution in [0, 0.1) is 0 Å². The number of ether oxygens (including phenoxy) is 1. The van der Waals surface area contributed by atoms with Crippen molar-refractivity contribution < 1.29 is 4.74 Å². The molecule has 1 aromatic heterocycles. The standard InChI is InChI=1S/C12H20N4O/c1-9(17-2)5-15-12-8-13-6-11(16-12)7-14-10-3-4-10/h6,8-10,14H,3-5,7H2,1-2H3,(H,15,16). The van der Waals surface area contributed by atoms with Crippen molar-refractivity contribution in [2.24, 2.45) is 0 Å². The van der Waals surface area contributed by atoms with Gasteiger partial charge < -0.3 is 15.4 Å². The first kappa shape index (κ1) is 12.3. The van der Waals surface area contributed by atoms with E-state index in [1.807, 2.05) is 6.92 Å². The van der Waals surface area contributed by atoms with E-state index in [4.69, 9.17) is 4.74 Å². The van der Waals surface area contributed by atoms with Gasteiger partial charge in [-0.25, -0.2) is 4.98 Å². The van der Waals surface area contributed by atoms with Gasteiger partial charge in [-0.1, -0.05) is 0 Å². The Kier molecular flexibility index (Phi) is 4.28. The maximum absolute atomic E-state index is 5.17. The number of rotatable bonds is 7. The largest absolute Gasteiger partial charge is 0.380 e. The Hall–Kier alpha value is -1.20. The van der Waals surface area contributed by atoms with Gasteiger partial charge in [0.15, 0.2) is 0 Å². The molecule has 1 atom stereocenters. The van der Waals surface area contributed by atoms with Gasteiger partial charge in [0.25, 0.3) is 0 Å². The lowest BCUT2D eigenvalue weighted by Gasteiger charge is -2.11. The zero-order chi connectivity index (χ0) is 12.1. The second kappa shape index (κ2) is 5.93. The highest BCUT2D eigenvalue weighted by Crippen LogP contribution is 2.19. The van der Waals surface area contributed by atoms with Crippen LogP contribution in [0.1, 0.15) is 25.5 Å². The van der Waals surface area contributed by atoms with Crippen LogP contribution in [0.3, 0.4) is 0 Å². The molecule has 17 heavy (non-hydrogen) atoms. The average molecular weight is 236 g/mol. The molecule has 1 aromatic rings. The van der Waals surface area contributed by atoms with Crippen molar-refractivity contribution in [1.82, 2.24) is 15.3 Å². The predicted molar refractivity (Wildman–Crippen MR) is 66.9 cm³/mol. The number of nitrogens with one attached hydrogen (secondary N) is 2. The normalized spacial score (nSPS) is 16.8. The summed E-state index contributed by atoms with van der Waals surface area (Å²) in [5.74, 6) is 0.809. The van der Waals surface area contributed by atoms with Gasteiger partial charge in [-0.15, -0.1) is 0 Å². The first-order chi connectivity index (χ1) is 8.28. The Morgan fingerprint density at radius 2 is 2.29 bits per heavy atom. The highest BCUT2D eigenvalue weighted by Gasteiger charge is 2.20. The maximum Gasteiger partial charge on any atom is 0.144 e. The van der Waals surface area contributed by atoms with E-state index in [-0.39, 0.29) is 6.10 Å². The Morgan fingerprint density at radius 1 is 1.47 bits per heavy atom. The first-order valence-electron chi connectivity index (χ1n) is 6.09. The number of aromatic nitrogens is 2. The van der Waals surface area contributed by atoms with Crippen LogP contribution < -0.4 is 10.6 Å². The van der Waals surface area contributed by atoms with Gasteiger partial charge in [0.05, 0.1) is 18.0 Å². The van der Waals surface area contributed by atoms with Gasteiger partial charge in [0, 0.05) is 32.4 Å². The molecule has 94 valence electrons. The van der Waals surface area contributed by atoms with Crippen LogP contribution in [0.5, 0.6) is 0 Å². The van der Waals surface area contributed by atoms with Gasteiger partial charge in [0.2, 0.25) is 0 Å². The van der Waals surface area contributed by atoms with Crippen molar-refractivity contribution in [3.63, 3.8) is 0 Å². The van der Waals surface area contributed by atoms with Crippen LogP contribution in [0.4, 0.5) is 5.82 Å². The third kappa shape index (κ3) is 4.28. The quantitative estimate of drug-likeness (QED) is 0.744. The van der Waals surface area contributed by atoms with Crippen LogP contribution in [-0.2, 0) is 11.3 Å². The SMILES string of the molecule is COC(C)CNc1cncc(CNC2CC2)n1. The molecule has 1 heterocycles. The third-order valence-electron chi connectivity index (χ3n) is 2.81. The number of hydrogen-bond acceptors (Lipinski definition) is 5. The van der Waals surface area contributed by atoms with E-state index < -0.39 is 0 Å². The summed E-state index contributed by atoms with van der Waals surface area (Å²) in [7, 11) is 1.70. The van der Waals surface area contributed by atoms with Crippen molar-refractivity contribution in [3.8, 4) is 0 Å². The highest BCUT2D eigenvalue weighted by atomic mass is 16.5. The van der Waals surface area contributed by atoms with Crippen LogP contribution in [0.2, 0.25) is 0 Å². The second-order valence-electron chi connectivity index (χ2n) is 4.48. The van der Waals surface area contributed by atoms with Gasteiger partial charge in [0.1, 0.15) is 5.82 Å². The summed E-state index contributed by atoms with van der Waals surface area (Å²) >= 11 is 0. The highest BCUT2D eigenvalue weighted by molar-refractivity contribution is 5.31. The monoisotopic (exact) mass is 236 g/mol. The van der Waals surface area contributed by atoms with Crippen molar-refractivity contribution in [3.05, 3.63) is 18.1 Å². The number of nitrogens with zero attached hydrogens (tertiary/aromatic N) is 2. The molecule has 1 aliphatic carbocycles. The molecular weight excluding hydrogens is 216 g/mol. The molecule has 0 bridgehead atoms. The van der Waals surface area contributed by atoms with E-state index in [9.17, 15) is 0 Å². The Balaban J connectivity index is 1.82. The molecule has 2 rings (SSSR count). The molecular formula is C12H20N4O. The molecule has 1 fully saturated rings. The number of hydrogen-bond donors (Lipinski definition) is 2. The van der Waals surface area contributed by atoms with Gasteiger partial charge in [-0.3, -0.25) is 4.98 Å². The molecule has 0 saturated heterocycles. The van der Waals surface area contributed by atoms with Crippen molar-refractivity contribution >= 4 is 5.82 Å². The fourth-order valence-corrected chi connectivity index (χ4v) is 1.44. The molecule has 5 heteroatoms. The number of anilines is 1. The summed E-state index contributed by atoms with van der Waals surface area (Å²) in [4.78, 5) is 8.67. The van der Waals surface area contributed by atoms with Gasteiger partial charge in [-0.05, 0) is 19.8 Å². The van der Waals surface area contributed by atoms with E-state index in [0.29, 0.717) is 6.04 Å². The molecule has 5 nitrogen and oxygen atoms in total. The molecule has 0 radical (unpaired) electrons. The maximum atomic E-state index is 5.17. The summed E-state index contributed by atoms with van der Waals surface area (Å²) < 4.78 is 5.17. The summed E-state index contributed by atoms with van der Waals surface area (Å²) in [5.41, 5.74) is 0.979. The van der Waals surface area contributed by atoms with Gasteiger partial charge >= 0.3 is 0 Å². The smallest absolute Gasteiger partial charge is 0.144 e. The third-order valence-corrected chi connectivity index (χ3v) is 2.81. The molecule has 1 aliphatic rings. The molecule has 1 saturated carbocycles. The minimum Gasteiger partial charge on any atom is -0.380 e. The molecule has 0 spiro atoms. The fraction of sp³-hybridized carbons (Fsp3) is 0.667. The second-order valence-corrected chi connectivity index (χ2v) is 4.48. The summed E-state index contributed by atoms with van der Waals surface area (Å²) in [6, 6.07) is 0.696. The minimum absolute atomic E-state index is 0.171. The van der Waals surface area contributed by atoms with Crippen molar-refractivity contribution in [2.45, 2.75) is 38.5 Å². The van der Waals surface area contributed by atoms with Crippen molar-refractivity contribution in [1.29, 1.82) is 0 Å². The van der Waals surface area contributed by atoms with E-state index in [0.717, 1.165) is 24.6 Å². The van der Waals surface area contributed by atoms with Crippen molar-refractivity contribution in [2.75, 3.05) is 19.0 Å². The predicted octanol–water partition coefficient (Wildman–Crippen LogP) is 1.18. The molecule has 2 N–H and O–H groups in total. The Bertz CT molecular complexity index is 354. The Labute approximate surface area is 102 Å². The van der Waals surface area contributed by atoms with Crippen LogP contribution in [0.15, 0.2) is 12.4 Å². The summed E-state index contributed by atoms with van der Waals surface area (Å²) in [5, 5.41) is 6.63. The van der Waals surface area contributed by atoms with Crippen LogP contribution in [0.25, 0.3) is 0 Å². The topological polar surface area (TPSA) is 59.1 Å². The molecule has 0 amide bonds. The molecule has 1 unspecified atom stereocenters. The average Bonchev–Trinajstić information content (AvgIpc) is 3.18. The van der Waals surface area contributed by atoms with E-state index in [2.05, 4.69) is 20.6 Å². The first-order valence-corrected chi connectivity index (χ1v) is 6.09. The summed E-state index contributed by atoms with van der Waals surface area (Å²) in [6.07, 6.45) is 6.29. The van der Waals surface area contributed by atoms with E-state index in [1.54, 1.807) is 19.5 Å². The molecule has 0 aliphatic heterocycles. The fourth-order valence-electron chi connectivity index (χ4n) is 1.44. The number of methoxy groups -OCH3 is 1. The van der Waals surface area contributed by atoms with E-state index >= 15 is 0 Å². The summed E-state index contributed by atoms with van der Waals surface area (Å²) in [6.45, 7) is 3.55. The minimum atomic E-state index is 0.171. The van der Waals surface area contributed by atoms with Crippen LogP contribution in [-0.4, -0.2) is 35.8 Å². The Morgan fingerprint density at radius 3 is 3.00 bits per heavy atom.